The molecule has 0 unspecified atom stereocenters. The molecule has 0 aliphatic carbocycles. The van der Waals surface area contributed by atoms with Gasteiger partial charge in [-0.1, -0.05) is 75.4 Å². The molecule has 0 bridgehead atoms. The number of ether oxygens (including phenoxy) is 1. The molecule has 0 saturated carbocycles. The van der Waals surface area contributed by atoms with Crippen LogP contribution < -0.4 is 4.74 Å². The molecule has 0 atom stereocenters. The lowest BCUT2D eigenvalue weighted by Crippen LogP contribution is -2.27. The summed E-state index contributed by atoms with van der Waals surface area (Å²) in [6.07, 6.45) is 5.80. The van der Waals surface area contributed by atoms with Crippen LogP contribution in [0.15, 0.2) is 78.9 Å². The van der Waals surface area contributed by atoms with Gasteiger partial charge >= 0.3 is 0 Å². The van der Waals surface area contributed by atoms with Gasteiger partial charge in [0, 0.05) is 29.7 Å². The molecule has 3 nitrogen and oxygen atoms in total. The van der Waals surface area contributed by atoms with Crippen LogP contribution >= 0.6 is 0 Å². The third-order valence-corrected chi connectivity index (χ3v) is 7.65. The topological polar surface area (TPSA) is 15.7 Å². The summed E-state index contributed by atoms with van der Waals surface area (Å²) in [7, 11) is 1.75. The number of hydrogen-bond acceptors (Lipinski definition) is 3. The molecule has 0 amide bonds. The van der Waals surface area contributed by atoms with Crippen LogP contribution in [0.3, 0.4) is 0 Å². The normalized spacial score (nSPS) is 12.0. The van der Waals surface area contributed by atoms with E-state index in [2.05, 4.69) is 110 Å². The second-order valence-electron chi connectivity index (χ2n) is 10.2. The summed E-state index contributed by atoms with van der Waals surface area (Å²) in [5.41, 5.74) is 5.30. The van der Waals surface area contributed by atoms with Crippen LogP contribution in [0, 0.1) is 6.92 Å². The van der Waals surface area contributed by atoms with Crippen LogP contribution in [0.2, 0.25) is 0 Å². The maximum absolute atomic E-state index is 5.67. The van der Waals surface area contributed by atoms with Crippen LogP contribution in [-0.4, -0.2) is 43.1 Å². The van der Waals surface area contributed by atoms with Gasteiger partial charge in [0.2, 0.25) is 0 Å². The lowest BCUT2D eigenvalue weighted by molar-refractivity contribution is 0.286. The minimum Gasteiger partial charge on any atom is -0.496 e. The Hall–Kier alpha value is -3.30. The molecule has 0 radical (unpaired) electrons. The Balaban J connectivity index is 1.69. The lowest BCUT2D eigenvalue weighted by Gasteiger charge is -2.30. The fourth-order valence-electron chi connectivity index (χ4n) is 5.48. The number of methoxy groups -OCH3 is 1. The highest BCUT2D eigenvalue weighted by atomic mass is 16.5. The Morgan fingerprint density at radius 1 is 0.789 bits per heavy atom. The zero-order valence-corrected chi connectivity index (χ0v) is 24.0. The quantitative estimate of drug-likeness (QED) is 0.168. The third-order valence-electron chi connectivity index (χ3n) is 7.65. The van der Waals surface area contributed by atoms with Crippen molar-refractivity contribution < 1.29 is 4.74 Å². The highest BCUT2D eigenvalue weighted by Crippen LogP contribution is 2.33. The molecule has 0 N–H and O–H groups in total. The number of rotatable bonds is 13. The van der Waals surface area contributed by atoms with Crippen molar-refractivity contribution in [2.45, 2.75) is 53.5 Å². The predicted molar refractivity (Wildman–Crippen MR) is 165 cm³/mol. The van der Waals surface area contributed by atoms with E-state index >= 15 is 0 Å². The largest absolute Gasteiger partial charge is 0.496 e. The van der Waals surface area contributed by atoms with Gasteiger partial charge < -0.3 is 14.5 Å². The van der Waals surface area contributed by atoms with Gasteiger partial charge in [-0.15, -0.1) is 0 Å². The number of unbranched alkanes of at least 4 members (excludes halogenated alkanes) is 1. The third kappa shape index (κ3) is 6.57. The molecule has 38 heavy (non-hydrogen) atoms. The van der Waals surface area contributed by atoms with Crippen molar-refractivity contribution >= 4 is 27.2 Å². The van der Waals surface area contributed by atoms with Crippen molar-refractivity contribution in [3.63, 3.8) is 0 Å². The van der Waals surface area contributed by atoms with Crippen LogP contribution in [0.4, 0.5) is 0 Å². The summed E-state index contributed by atoms with van der Waals surface area (Å²) in [5, 5.41) is 5.00. The van der Waals surface area contributed by atoms with Crippen molar-refractivity contribution in [2.75, 3.05) is 33.3 Å². The summed E-state index contributed by atoms with van der Waals surface area (Å²) >= 11 is 0. The molecule has 0 saturated heterocycles. The molecule has 0 aliphatic heterocycles. The lowest BCUT2D eigenvalue weighted by atomic mass is 9.97. The molecule has 0 fully saturated rings. The van der Waals surface area contributed by atoms with E-state index in [1.807, 2.05) is 6.07 Å². The molecule has 4 rings (SSSR count). The predicted octanol–water partition coefficient (Wildman–Crippen LogP) is 8.69. The Morgan fingerprint density at radius 2 is 1.53 bits per heavy atom. The highest BCUT2D eigenvalue weighted by molar-refractivity contribution is 5.92. The summed E-state index contributed by atoms with van der Waals surface area (Å²) in [4.78, 5) is 5.14. The van der Waals surface area contributed by atoms with E-state index in [4.69, 9.17) is 4.74 Å². The molecule has 4 aromatic rings. The molecule has 3 heteroatoms. The second-order valence-corrected chi connectivity index (χ2v) is 10.2. The molecule has 0 spiro atoms. The first-order chi connectivity index (χ1) is 18.6. The Bertz CT molecular complexity index is 1370. The average molecular weight is 509 g/mol. The zero-order valence-electron chi connectivity index (χ0n) is 24.0. The Morgan fingerprint density at radius 3 is 2.26 bits per heavy atom. The van der Waals surface area contributed by atoms with E-state index in [9.17, 15) is 0 Å². The molecular formula is C35H44N2O. The number of fused-ring (bicyclic) bond motifs is 2. The van der Waals surface area contributed by atoms with Gasteiger partial charge in [0.25, 0.3) is 0 Å². The second kappa shape index (κ2) is 13.5. The Kier molecular flexibility index (Phi) is 9.84. The molecule has 0 heterocycles. The minimum absolute atomic E-state index is 0.900. The fourth-order valence-corrected chi connectivity index (χ4v) is 5.48. The summed E-state index contributed by atoms with van der Waals surface area (Å²) in [5.74, 6) is 0.933. The SMILES string of the molecule is CC/C=C(\c1cc2cccc(OC)c2cc1C)N(CCCCN(CC)CC)Cc1ccc2ccccc2c1. The van der Waals surface area contributed by atoms with Crippen molar-refractivity contribution in [2.24, 2.45) is 0 Å². The van der Waals surface area contributed by atoms with E-state index in [0.717, 1.165) is 38.3 Å². The van der Waals surface area contributed by atoms with Gasteiger partial charge in [-0.25, -0.2) is 0 Å². The summed E-state index contributed by atoms with van der Waals surface area (Å²) in [6.45, 7) is 14.3. The van der Waals surface area contributed by atoms with E-state index in [1.165, 1.54) is 63.3 Å². The first-order valence-corrected chi connectivity index (χ1v) is 14.3. The molecule has 0 aliphatic rings. The molecule has 0 aromatic heterocycles. The van der Waals surface area contributed by atoms with Crippen molar-refractivity contribution in [3.8, 4) is 5.75 Å². The van der Waals surface area contributed by atoms with Gasteiger partial charge in [0.15, 0.2) is 0 Å². The Labute approximate surface area is 229 Å². The van der Waals surface area contributed by atoms with Gasteiger partial charge in [0.05, 0.1) is 7.11 Å². The number of nitrogens with zero attached hydrogens (tertiary/aromatic N) is 2. The smallest absolute Gasteiger partial charge is 0.126 e. The van der Waals surface area contributed by atoms with E-state index in [0.29, 0.717) is 0 Å². The fraction of sp³-hybridized carbons (Fsp3) is 0.371. The first kappa shape index (κ1) is 27.7. The van der Waals surface area contributed by atoms with Crippen molar-refractivity contribution in [3.05, 3.63) is 95.6 Å². The maximum atomic E-state index is 5.67. The standard InChI is InChI=1S/C35H44N2O/c1-6-14-34(32-25-31-17-13-18-35(38-5)33(31)23-27(32)4)37(22-12-11-21-36(7-2)8-3)26-28-19-20-29-15-9-10-16-30(29)24-28/h9-10,13-20,23-25H,6-8,11-12,21-22,26H2,1-5H3/b34-14+. The van der Waals surface area contributed by atoms with Gasteiger partial charge in [-0.05, 0) is 97.4 Å². The van der Waals surface area contributed by atoms with Crippen LogP contribution in [0.1, 0.15) is 56.7 Å². The van der Waals surface area contributed by atoms with E-state index < -0.39 is 0 Å². The molecular weight excluding hydrogens is 464 g/mol. The average Bonchev–Trinajstić information content (AvgIpc) is 2.95. The number of hydrogen-bond donors (Lipinski definition) is 0. The van der Waals surface area contributed by atoms with Crippen LogP contribution in [0.5, 0.6) is 5.75 Å². The monoisotopic (exact) mass is 508 g/mol. The van der Waals surface area contributed by atoms with Crippen LogP contribution in [-0.2, 0) is 6.54 Å². The highest BCUT2D eigenvalue weighted by Gasteiger charge is 2.17. The first-order valence-electron chi connectivity index (χ1n) is 14.3. The zero-order chi connectivity index (χ0) is 26.9. The van der Waals surface area contributed by atoms with Crippen molar-refractivity contribution in [1.29, 1.82) is 0 Å². The summed E-state index contributed by atoms with van der Waals surface area (Å²) in [6, 6.07) is 26.6. The van der Waals surface area contributed by atoms with Crippen LogP contribution in [0.25, 0.3) is 27.2 Å². The van der Waals surface area contributed by atoms with Gasteiger partial charge in [-0.3, -0.25) is 0 Å². The van der Waals surface area contributed by atoms with Gasteiger partial charge in [0.1, 0.15) is 5.75 Å². The molecule has 4 aromatic carbocycles. The number of aryl methyl sites for hydroxylation is 1. The van der Waals surface area contributed by atoms with E-state index in [-0.39, 0.29) is 0 Å². The summed E-state index contributed by atoms with van der Waals surface area (Å²) < 4.78 is 5.67. The minimum atomic E-state index is 0.900. The number of allylic oxidation sites excluding steroid dienone is 1. The maximum Gasteiger partial charge on any atom is 0.126 e. The van der Waals surface area contributed by atoms with Crippen molar-refractivity contribution in [1.82, 2.24) is 9.80 Å². The van der Waals surface area contributed by atoms with Gasteiger partial charge in [-0.2, -0.15) is 0 Å². The number of benzene rings is 4. The molecule has 200 valence electrons. The van der Waals surface area contributed by atoms with E-state index in [1.54, 1.807) is 7.11 Å².